The summed E-state index contributed by atoms with van der Waals surface area (Å²) in [5.74, 6) is 0.271. The summed E-state index contributed by atoms with van der Waals surface area (Å²) < 4.78 is 5.69. The Balaban J connectivity index is 1.52. The molecule has 0 saturated carbocycles. The van der Waals surface area contributed by atoms with Crippen molar-refractivity contribution in [3.8, 4) is 0 Å². The van der Waals surface area contributed by atoms with Crippen molar-refractivity contribution in [1.29, 1.82) is 0 Å². The van der Waals surface area contributed by atoms with Gasteiger partial charge in [-0.3, -0.25) is 9.59 Å². The van der Waals surface area contributed by atoms with Crippen molar-refractivity contribution in [2.45, 2.75) is 37.9 Å². The first kappa shape index (κ1) is 16.1. The van der Waals surface area contributed by atoms with Crippen LogP contribution in [0.4, 0.5) is 0 Å². The zero-order valence-electron chi connectivity index (χ0n) is 13.3. The molecule has 2 atom stereocenters. The maximum Gasteiger partial charge on any atom is 0.251 e. The highest BCUT2D eigenvalue weighted by atomic mass is 16.5. The maximum atomic E-state index is 12.5. The molecule has 0 aliphatic carbocycles. The molecule has 124 valence electrons. The molecule has 5 heteroatoms. The fourth-order valence-electron chi connectivity index (χ4n) is 3.46. The highest BCUT2D eigenvalue weighted by molar-refractivity contribution is 5.98. The third-order valence-corrected chi connectivity index (χ3v) is 4.88. The highest BCUT2D eigenvalue weighted by Gasteiger charge is 2.35. The third kappa shape index (κ3) is 3.62. The zero-order chi connectivity index (χ0) is 16.2. The number of rotatable bonds is 4. The molecule has 2 saturated heterocycles. The number of piperidine rings is 1. The molecule has 1 aromatic carbocycles. The minimum absolute atomic E-state index is 0.0150. The van der Waals surface area contributed by atoms with E-state index >= 15 is 0 Å². The molecule has 1 aromatic rings. The molecule has 3 rings (SSSR count). The van der Waals surface area contributed by atoms with E-state index in [2.05, 4.69) is 0 Å². The highest BCUT2D eigenvalue weighted by Crippen LogP contribution is 2.25. The molecular weight excluding hydrogens is 292 g/mol. The minimum Gasteiger partial charge on any atom is -0.364 e. The number of benzene rings is 1. The molecule has 0 aromatic heterocycles. The molecule has 5 nitrogen and oxygen atoms in total. The van der Waals surface area contributed by atoms with Gasteiger partial charge in [-0.1, -0.05) is 30.3 Å². The van der Waals surface area contributed by atoms with Gasteiger partial charge < -0.3 is 15.4 Å². The van der Waals surface area contributed by atoms with Gasteiger partial charge in [0.1, 0.15) is 6.10 Å². The van der Waals surface area contributed by atoms with Crippen LogP contribution in [-0.4, -0.2) is 48.4 Å². The van der Waals surface area contributed by atoms with E-state index in [1.54, 1.807) is 0 Å². The first-order valence-electron chi connectivity index (χ1n) is 8.42. The second kappa shape index (κ2) is 7.23. The molecule has 0 unspecified atom stereocenters. The lowest BCUT2D eigenvalue weighted by molar-refractivity contribution is -0.144. The molecule has 2 heterocycles. The second-order valence-corrected chi connectivity index (χ2v) is 6.39. The summed E-state index contributed by atoms with van der Waals surface area (Å²) in [7, 11) is 0. The summed E-state index contributed by atoms with van der Waals surface area (Å²) in [4.78, 5) is 26.8. The number of likely N-dealkylation sites (tertiary alicyclic amines) is 1. The summed E-state index contributed by atoms with van der Waals surface area (Å²) >= 11 is 0. The molecule has 23 heavy (non-hydrogen) atoms. The number of nitrogens with zero attached hydrogens (tertiary/aromatic N) is 1. The van der Waals surface area contributed by atoms with Crippen molar-refractivity contribution in [3.05, 3.63) is 35.9 Å². The number of ether oxygens (including phenoxy) is 1. The predicted octanol–water partition coefficient (Wildman–Crippen LogP) is 1.61. The van der Waals surface area contributed by atoms with Crippen LogP contribution >= 0.6 is 0 Å². The Hall–Kier alpha value is -1.72. The topological polar surface area (TPSA) is 72.6 Å². The van der Waals surface area contributed by atoms with E-state index < -0.39 is 0 Å². The second-order valence-electron chi connectivity index (χ2n) is 6.39. The smallest absolute Gasteiger partial charge is 0.251 e. The van der Waals surface area contributed by atoms with Crippen molar-refractivity contribution in [2.24, 2.45) is 11.7 Å². The Labute approximate surface area is 136 Å². The van der Waals surface area contributed by atoms with E-state index in [1.165, 1.54) is 0 Å². The number of amides is 1. The van der Waals surface area contributed by atoms with E-state index in [4.69, 9.17) is 10.5 Å². The van der Waals surface area contributed by atoms with Gasteiger partial charge in [-0.05, 0) is 25.7 Å². The SMILES string of the molecule is NC[C@H]1CC[C@@H](C(=O)N2CCC(C(=O)c3ccccc3)CC2)O1. The average molecular weight is 316 g/mol. The van der Waals surface area contributed by atoms with Gasteiger partial charge in [-0.15, -0.1) is 0 Å². The van der Waals surface area contributed by atoms with Gasteiger partial charge in [0, 0.05) is 31.1 Å². The van der Waals surface area contributed by atoms with Gasteiger partial charge in [0.2, 0.25) is 0 Å². The van der Waals surface area contributed by atoms with Gasteiger partial charge in [0.05, 0.1) is 6.10 Å². The Bertz CT molecular complexity index is 553. The van der Waals surface area contributed by atoms with Crippen LogP contribution in [-0.2, 0) is 9.53 Å². The summed E-state index contributed by atoms with van der Waals surface area (Å²) in [6.07, 6.45) is 2.74. The quantitative estimate of drug-likeness (QED) is 0.857. The van der Waals surface area contributed by atoms with Crippen molar-refractivity contribution < 1.29 is 14.3 Å². The van der Waals surface area contributed by atoms with Crippen molar-refractivity contribution in [1.82, 2.24) is 4.90 Å². The summed E-state index contributed by atoms with van der Waals surface area (Å²) in [5, 5.41) is 0. The fourth-order valence-corrected chi connectivity index (χ4v) is 3.46. The summed E-state index contributed by atoms with van der Waals surface area (Å²) in [5.41, 5.74) is 6.36. The summed E-state index contributed by atoms with van der Waals surface area (Å²) in [6, 6.07) is 9.40. The van der Waals surface area contributed by atoms with E-state index in [0.717, 1.165) is 31.2 Å². The third-order valence-electron chi connectivity index (χ3n) is 4.88. The van der Waals surface area contributed by atoms with Crippen LogP contribution < -0.4 is 5.73 Å². The zero-order valence-corrected chi connectivity index (χ0v) is 13.3. The van der Waals surface area contributed by atoms with Gasteiger partial charge in [-0.2, -0.15) is 0 Å². The van der Waals surface area contributed by atoms with Gasteiger partial charge >= 0.3 is 0 Å². The lowest BCUT2D eigenvalue weighted by Crippen LogP contribution is -2.45. The minimum atomic E-state index is -0.343. The number of hydrogen-bond donors (Lipinski definition) is 1. The van der Waals surface area contributed by atoms with Crippen LogP contribution in [0.2, 0.25) is 0 Å². The Morgan fingerprint density at radius 2 is 1.78 bits per heavy atom. The first-order valence-corrected chi connectivity index (χ1v) is 8.42. The molecule has 0 spiro atoms. The Kier molecular flexibility index (Phi) is 5.08. The molecule has 2 fully saturated rings. The summed E-state index contributed by atoms with van der Waals surface area (Å²) in [6.45, 7) is 1.74. The lowest BCUT2D eigenvalue weighted by atomic mass is 9.88. The normalized spacial score (nSPS) is 25.5. The average Bonchev–Trinajstić information content (AvgIpc) is 3.10. The Morgan fingerprint density at radius 3 is 2.39 bits per heavy atom. The first-order chi connectivity index (χ1) is 11.2. The van der Waals surface area contributed by atoms with Crippen LogP contribution in [0.5, 0.6) is 0 Å². The molecule has 0 radical (unpaired) electrons. The molecule has 1 amide bonds. The molecule has 2 N–H and O–H groups in total. The van der Waals surface area contributed by atoms with E-state index in [-0.39, 0.29) is 29.8 Å². The Morgan fingerprint density at radius 1 is 1.09 bits per heavy atom. The predicted molar refractivity (Wildman–Crippen MR) is 87.0 cm³/mol. The van der Waals surface area contributed by atoms with Crippen molar-refractivity contribution >= 4 is 11.7 Å². The van der Waals surface area contributed by atoms with Crippen molar-refractivity contribution in [2.75, 3.05) is 19.6 Å². The number of hydrogen-bond acceptors (Lipinski definition) is 4. The van der Waals surface area contributed by atoms with E-state index in [1.807, 2.05) is 35.2 Å². The number of carbonyl (C=O) groups is 2. The van der Waals surface area contributed by atoms with E-state index in [0.29, 0.717) is 19.6 Å². The number of nitrogens with two attached hydrogens (primary N) is 1. The largest absolute Gasteiger partial charge is 0.364 e. The van der Waals surface area contributed by atoms with E-state index in [9.17, 15) is 9.59 Å². The van der Waals surface area contributed by atoms with Crippen LogP contribution in [0.3, 0.4) is 0 Å². The fraction of sp³-hybridized carbons (Fsp3) is 0.556. The van der Waals surface area contributed by atoms with Crippen LogP contribution in [0.1, 0.15) is 36.0 Å². The molecule has 2 aliphatic heterocycles. The maximum absolute atomic E-state index is 12.5. The molecular formula is C18H24N2O3. The standard InChI is InChI=1S/C18H24N2O3/c19-12-15-6-7-16(23-15)18(22)20-10-8-14(9-11-20)17(21)13-4-2-1-3-5-13/h1-5,14-16H,6-12,19H2/t15-,16+/m1/s1. The lowest BCUT2D eigenvalue weighted by Gasteiger charge is -2.32. The van der Waals surface area contributed by atoms with Crippen LogP contribution in [0, 0.1) is 5.92 Å². The number of ketones is 1. The van der Waals surface area contributed by atoms with Gasteiger partial charge in [-0.25, -0.2) is 0 Å². The van der Waals surface area contributed by atoms with Crippen LogP contribution in [0.25, 0.3) is 0 Å². The van der Waals surface area contributed by atoms with Gasteiger partial charge in [0.15, 0.2) is 5.78 Å². The number of Topliss-reactive ketones (excluding diaryl/α,β-unsaturated/α-hetero) is 1. The van der Waals surface area contributed by atoms with Gasteiger partial charge in [0.25, 0.3) is 5.91 Å². The molecule has 0 bridgehead atoms. The molecule has 2 aliphatic rings. The van der Waals surface area contributed by atoms with Crippen molar-refractivity contribution in [3.63, 3.8) is 0 Å². The monoisotopic (exact) mass is 316 g/mol. The van der Waals surface area contributed by atoms with Crippen LogP contribution in [0.15, 0.2) is 30.3 Å². The number of carbonyl (C=O) groups excluding carboxylic acids is 2.